The molecule has 31 heavy (non-hydrogen) atoms. The Kier molecular flexibility index (Phi) is 7.65. The third kappa shape index (κ3) is 6.34. The van der Waals surface area contributed by atoms with Crippen molar-refractivity contribution in [3.63, 3.8) is 0 Å². The van der Waals surface area contributed by atoms with E-state index in [1.807, 2.05) is 54.6 Å². The first-order valence-corrected chi connectivity index (χ1v) is 9.94. The minimum atomic E-state index is -0.934. The van der Waals surface area contributed by atoms with Gasteiger partial charge in [-0.05, 0) is 42.8 Å². The number of carbonyl (C=O) groups excluding carboxylic acids is 2. The summed E-state index contributed by atoms with van der Waals surface area (Å²) in [7, 11) is 1.57. The number of carbonyl (C=O) groups is 2. The fourth-order valence-electron chi connectivity index (χ4n) is 2.89. The maximum atomic E-state index is 12.4. The van der Waals surface area contributed by atoms with Crippen LogP contribution in [0, 0.1) is 0 Å². The van der Waals surface area contributed by atoms with E-state index in [0.717, 1.165) is 11.1 Å². The standard InChI is InChI=1S/C25H25NO5/c1-18(24(27)26-16-21-10-6-7-11-23(21)29-2)31-25(28)20-12-14-22(15-13-20)30-17-19-8-4-3-5-9-19/h3-15,18H,16-17H2,1-2H3,(H,26,27)/t18-/m1/s1. The SMILES string of the molecule is COc1ccccc1CNC(=O)[C@@H](C)OC(=O)c1ccc(OCc2ccccc2)cc1. The first-order chi connectivity index (χ1) is 15.1. The van der Waals surface area contributed by atoms with Gasteiger partial charge in [-0.15, -0.1) is 0 Å². The predicted octanol–water partition coefficient (Wildman–Crippen LogP) is 4.14. The van der Waals surface area contributed by atoms with E-state index < -0.39 is 12.1 Å². The minimum absolute atomic E-state index is 0.276. The van der Waals surface area contributed by atoms with Crippen LogP contribution in [-0.4, -0.2) is 25.1 Å². The number of ether oxygens (including phenoxy) is 3. The highest BCUT2D eigenvalue weighted by Crippen LogP contribution is 2.17. The fourth-order valence-corrected chi connectivity index (χ4v) is 2.89. The van der Waals surface area contributed by atoms with E-state index in [4.69, 9.17) is 14.2 Å². The molecule has 6 heteroatoms. The van der Waals surface area contributed by atoms with Gasteiger partial charge in [0.15, 0.2) is 6.10 Å². The Morgan fingerprint density at radius 1 is 0.903 bits per heavy atom. The van der Waals surface area contributed by atoms with Crippen LogP contribution in [0.2, 0.25) is 0 Å². The fraction of sp³-hybridized carbons (Fsp3) is 0.200. The molecule has 0 saturated heterocycles. The number of esters is 1. The van der Waals surface area contributed by atoms with Gasteiger partial charge < -0.3 is 19.5 Å². The lowest BCUT2D eigenvalue weighted by Crippen LogP contribution is -2.35. The molecule has 0 aliphatic carbocycles. The second kappa shape index (κ2) is 10.8. The summed E-state index contributed by atoms with van der Waals surface area (Å²) >= 11 is 0. The van der Waals surface area contributed by atoms with Crippen LogP contribution in [0.1, 0.15) is 28.4 Å². The molecular weight excluding hydrogens is 394 g/mol. The molecule has 1 N–H and O–H groups in total. The van der Waals surface area contributed by atoms with Crippen molar-refractivity contribution in [3.05, 3.63) is 95.6 Å². The lowest BCUT2D eigenvalue weighted by atomic mass is 10.2. The molecule has 0 unspecified atom stereocenters. The van der Waals surface area contributed by atoms with Crippen molar-refractivity contribution in [3.8, 4) is 11.5 Å². The summed E-state index contributed by atoms with van der Waals surface area (Å²) in [4.78, 5) is 24.7. The molecule has 0 radical (unpaired) electrons. The maximum Gasteiger partial charge on any atom is 0.338 e. The van der Waals surface area contributed by atoms with Gasteiger partial charge in [0.1, 0.15) is 18.1 Å². The van der Waals surface area contributed by atoms with E-state index >= 15 is 0 Å². The molecule has 1 amide bonds. The summed E-state index contributed by atoms with van der Waals surface area (Å²) < 4.78 is 16.3. The number of para-hydroxylation sites is 1. The molecule has 1 atom stereocenters. The van der Waals surface area contributed by atoms with Crippen molar-refractivity contribution in [2.24, 2.45) is 0 Å². The molecule has 3 aromatic carbocycles. The molecule has 0 heterocycles. The number of hydrogen-bond acceptors (Lipinski definition) is 5. The number of amides is 1. The van der Waals surface area contributed by atoms with Crippen LogP contribution < -0.4 is 14.8 Å². The molecule has 0 aliphatic heterocycles. The first kappa shape index (κ1) is 21.9. The van der Waals surface area contributed by atoms with Crippen LogP contribution in [0.15, 0.2) is 78.9 Å². The van der Waals surface area contributed by atoms with E-state index in [2.05, 4.69) is 5.32 Å². The monoisotopic (exact) mass is 419 g/mol. The van der Waals surface area contributed by atoms with Crippen molar-refractivity contribution in [2.45, 2.75) is 26.2 Å². The van der Waals surface area contributed by atoms with Crippen LogP contribution in [-0.2, 0) is 22.7 Å². The summed E-state index contributed by atoms with van der Waals surface area (Å²) in [6.45, 7) is 2.25. The van der Waals surface area contributed by atoms with Gasteiger partial charge in [-0.25, -0.2) is 4.79 Å². The Hall–Kier alpha value is -3.80. The first-order valence-electron chi connectivity index (χ1n) is 9.94. The molecule has 0 saturated carbocycles. The van der Waals surface area contributed by atoms with Gasteiger partial charge in [-0.2, -0.15) is 0 Å². The molecule has 0 aliphatic rings. The van der Waals surface area contributed by atoms with Crippen LogP contribution in [0.4, 0.5) is 0 Å². The lowest BCUT2D eigenvalue weighted by Gasteiger charge is -2.15. The van der Waals surface area contributed by atoms with Gasteiger partial charge in [-0.3, -0.25) is 4.79 Å². The van der Waals surface area contributed by atoms with Crippen molar-refractivity contribution in [2.75, 3.05) is 7.11 Å². The quantitative estimate of drug-likeness (QED) is 0.528. The minimum Gasteiger partial charge on any atom is -0.496 e. The van der Waals surface area contributed by atoms with E-state index in [1.165, 1.54) is 6.92 Å². The molecule has 3 rings (SSSR count). The summed E-state index contributed by atoms with van der Waals surface area (Å²) in [5.74, 6) is 0.363. The summed E-state index contributed by atoms with van der Waals surface area (Å²) in [5, 5.41) is 2.76. The highest BCUT2D eigenvalue weighted by molar-refractivity contribution is 5.92. The third-order valence-corrected chi connectivity index (χ3v) is 4.64. The smallest absolute Gasteiger partial charge is 0.338 e. The summed E-state index contributed by atoms with van der Waals surface area (Å²) in [6, 6.07) is 23.8. The van der Waals surface area contributed by atoms with Crippen LogP contribution in [0.3, 0.4) is 0 Å². The van der Waals surface area contributed by atoms with Gasteiger partial charge in [0.25, 0.3) is 5.91 Å². The Morgan fingerprint density at radius 3 is 2.29 bits per heavy atom. The van der Waals surface area contributed by atoms with E-state index in [1.54, 1.807) is 31.4 Å². The van der Waals surface area contributed by atoms with Crippen molar-refractivity contribution < 1.29 is 23.8 Å². The van der Waals surface area contributed by atoms with Crippen LogP contribution >= 0.6 is 0 Å². The normalized spacial score (nSPS) is 11.3. The highest BCUT2D eigenvalue weighted by Gasteiger charge is 2.19. The molecule has 0 aromatic heterocycles. The highest BCUT2D eigenvalue weighted by atomic mass is 16.5. The molecule has 0 spiro atoms. The van der Waals surface area contributed by atoms with Crippen molar-refractivity contribution in [1.29, 1.82) is 0 Å². The number of methoxy groups -OCH3 is 1. The molecular formula is C25H25NO5. The zero-order chi connectivity index (χ0) is 22.1. The second-order valence-electron chi connectivity index (χ2n) is 6.88. The number of hydrogen-bond donors (Lipinski definition) is 1. The average molecular weight is 419 g/mol. The third-order valence-electron chi connectivity index (χ3n) is 4.64. The van der Waals surface area contributed by atoms with Gasteiger partial charge in [0.2, 0.25) is 0 Å². The molecule has 0 bridgehead atoms. The number of rotatable bonds is 9. The summed E-state index contributed by atoms with van der Waals surface area (Å²) in [6.07, 6.45) is -0.934. The van der Waals surface area contributed by atoms with E-state index in [-0.39, 0.29) is 12.5 Å². The summed E-state index contributed by atoms with van der Waals surface area (Å²) in [5.41, 5.74) is 2.23. The predicted molar refractivity (Wildman–Crippen MR) is 117 cm³/mol. The molecule has 0 fully saturated rings. The molecule has 6 nitrogen and oxygen atoms in total. The Labute approximate surface area is 181 Å². The lowest BCUT2D eigenvalue weighted by molar-refractivity contribution is -0.129. The van der Waals surface area contributed by atoms with Crippen LogP contribution in [0.25, 0.3) is 0 Å². The van der Waals surface area contributed by atoms with Crippen LogP contribution in [0.5, 0.6) is 11.5 Å². The largest absolute Gasteiger partial charge is 0.496 e. The van der Waals surface area contributed by atoms with E-state index in [0.29, 0.717) is 23.7 Å². The van der Waals surface area contributed by atoms with Gasteiger partial charge in [0, 0.05) is 12.1 Å². The zero-order valence-electron chi connectivity index (χ0n) is 17.5. The van der Waals surface area contributed by atoms with Crippen molar-refractivity contribution >= 4 is 11.9 Å². The van der Waals surface area contributed by atoms with Gasteiger partial charge in [-0.1, -0.05) is 48.5 Å². The van der Waals surface area contributed by atoms with Gasteiger partial charge >= 0.3 is 5.97 Å². The van der Waals surface area contributed by atoms with Gasteiger partial charge in [0.05, 0.1) is 12.7 Å². The average Bonchev–Trinajstić information content (AvgIpc) is 2.82. The Bertz CT molecular complexity index is 1000. The maximum absolute atomic E-state index is 12.4. The zero-order valence-corrected chi connectivity index (χ0v) is 17.5. The number of nitrogens with one attached hydrogen (secondary N) is 1. The Morgan fingerprint density at radius 2 is 1.58 bits per heavy atom. The Balaban J connectivity index is 1.48. The molecule has 3 aromatic rings. The number of benzene rings is 3. The topological polar surface area (TPSA) is 73.9 Å². The second-order valence-corrected chi connectivity index (χ2v) is 6.88. The molecule has 160 valence electrons. The van der Waals surface area contributed by atoms with Crippen molar-refractivity contribution in [1.82, 2.24) is 5.32 Å². The van der Waals surface area contributed by atoms with E-state index in [9.17, 15) is 9.59 Å².